The molecule has 4 aromatic rings. The molecule has 1 N–H and O–H groups in total. The van der Waals surface area contributed by atoms with Crippen molar-refractivity contribution < 1.29 is 13.2 Å². The van der Waals surface area contributed by atoms with Gasteiger partial charge in [-0.25, -0.2) is 8.42 Å². The number of sulfonamides is 1. The lowest BCUT2D eigenvalue weighted by atomic mass is 9.96. The predicted molar refractivity (Wildman–Crippen MR) is 144 cm³/mol. The maximum Gasteiger partial charge on any atom is 0.257 e. The zero-order valence-corrected chi connectivity index (χ0v) is 21.1. The molecule has 1 amide bonds. The molecule has 1 fully saturated rings. The average molecular weight is 513 g/mol. The second kappa shape index (κ2) is 11.0. The van der Waals surface area contributed by atoms with Gasteiger partial charge in [0.15, 0.2) is 0 Å². The smallest absolute Gasteiger partial charge is 0.257 e. The summed E-state index contributed by atoms with van der Waals surface area (Å²) in [4.78, 5) is 18.9. The topological polar surface area (TPSA) is 82.6 Å². The fourth-order valence-corrected chi connectivity index (χ4v) is 6.07. The Morgan fingerprint density at radius 3 is 1.89 bits per heavy atom. The molecule has 0 radical (unpaired) electrons. The van der Waals surface area contributed by atoms with E-state index >= 15 is 0 Å². The van der Waals surface area contributed by atoms with Gasteiger partial charge in [0.1, 0.15) is 0 Å². The zero-order chi connectivity index (χ0) is 25.7. The summed E-state index contributed by atoms with van der Waals surface area (Å²) in [5.74, 6) is -0.300. The van der Waals surface area contributed by atoms with Crippen molar-refractivity contribution in [3.05, 3.63) is 126 Å². The number of aromatic nitrogens is 1. The van der Waals surface area contributed by atoms with Gasteiger partial charge in [-0.15, -0.1) is 0 Å². The Bertz CT molecular complexity index is 1380. The van der Waals surface area contributed by atoms with Gasteiger partial charge in [0.25, 0.3) is 5.91 Å². The van der Waals surface area contributed by atoms with Gasteiger partial charge in [-0.05, 0) is 47.5 Å². The fraction of sp³-hybridized carbons (Fsp3) is 0.172. The Hall–Kier alpha value is -3.85. The summed E-state index contributed by atoms with van der Waals surface area (Å²) < 4.78 is 28.3. The summed E-state index contributed by atoms with van der Waals surface area (Å²) in [6, 6.07) is 30.4. The highest BCUT2D eigenvalue weighted by atomic mass is 32.2. The van der Waals surface area contributed by atoms with E-state index in [0.29, 0.717) is 37.4 Å². The van der Waals surface area contributed by atoms with Gasteiger partial charge in [0.2, 0.25) is 10.0 Å². The van der Waals surface area contributed by atoms with Gasteiger partial charge >= 0.3 is 0 Å². The zero-order valence-electron chi connectivity index (χ0n) is 20.3. The van der Waals surface area contributed by atoms with Crippen molar-refractivity contribution >= 4 is 21.6 Å². The first-order chi connectivity index (χ1) is 18.0. The van der Waals surface area contributed by atoms with Crippen LogP contribution in [0.25, 0.3) is 0 Å². The third-order valence-corrected chi connectivity index (χ3v) is 8.46. The lowest BCUT2D eigenvalue weighted by molar-refractivity contribution is 0.102. The molecule has 0 unspecified atom stereocenters. The number of amides is 1. The van der Waals surface area contributed by atoms with Crippen molar-refractivity contribution in [2.45, 2.75) is 10.9 Å². The van der Waals surface area contributed by atoms with Crippen LogP contribution >= 0.6 is 0 Å². The van der Waals surface area contributed by atoms with Crippen molar-refractivity contribution in [2.75, 3.05) is 31.5 Å². The molecule has 188 valence electrons. The molecule has 2 heterocycles. The van der Waals surface area contributed by atoms with Crippen LogP contribution < -0.4 is 5.32 Å². The van der Waals surface area contributed by atoms with Crippen molar-refractivity contribution in [2.24, 2.45) is 0 Å². The van der Waals surface area contributed by atoms with Gasteiger partial charge in [0, 0.05) is 44.3 Å². The lowest BCUT2D eigenvalue weighted by Gasteiger charge is -2.39. The Morgan fingerprint density at radius 2 is 1.35 bits per heavy atom. The minimum Gasteiger partial charge on any atom is -0.322 e. The van der Waals surface area contributed by atoms with E-state index in [4.69, 9.17) is 0 Å². The maximum atomic E-state index is 13.4. The number of anilines is 1. The molecule has 1 aromatic heterocycles. The molecule has 1 aliphatic rings. The SMILES string of the molecule is O=C(Nc1ccc(S(=O)(=O)N2CCN(C(c3ccccc3)c3ccccc3)CC2)cc1)c1cccnc1. The van der Waals surface area contributed by atoms with Gasteiger partial charge < -0.3 is 5.32 Å². The normalized spacial score (nSPS) is 14.9. The highest BCUT2D eigenvalue weighted by Crippen LogP contribution is 2.30. The Morgan fingerprint density at radius 1 is 0.757 bits per heavy atom. The Balaban J connectivity index is 1.27. The van der Waals surface area contributed by atoms with Crippen molar-refractivity contribution in [3.8, 4) is 0 Å². The summed E-state index contributed by atoms with van der Waals surface area (Å²) in [5, 5.41) is 2.77. The molecule has 0 aliphatic carbocycles. The monoisotopic (exact) mass is 512 g/mol. The number of piperazine rings is 1. The van der Waals surface area contributed by atoms with Crippen LogP contribution in [0, 0.1) is 0 Å². The molecule has 1 aliphatic heterocycles. The van der Waals surface area contributed by atoms with Crippen LogP contribution in [-0.2, 0) is 10.0 Å². The number of pyridine rings is 1. The van der Waals surface area contributed by atoms with Gasteiger partial charge in [0.05, 0.1) is 16.5 Å². The number of carbonyl (C=O) groups excluding carboxylic acids is 1. The van der Waals surface area contributed by atoms with E-state index in [2.05, 4.69) is 39.5 Å². The van der Waals surface area contributed by atoms with E-state index in [1.807, 2.05) is 36.4 Å². The van der Waals surface area contributed by atoms with Crippen molar-refractivity contribution in [1.29, 1.82) is 0 Å². The largest absolute Gasteiger partial charge is 0.322 e. The molecule has 5 rings (SSSR count). The minimum absolute atomic E-state index is 0.0648. The number of nitrogens with zero attached hydrogens (tertiary/aromatic N) is 3. The van der Waals surface area contributed by atoms with E-state index in [0.717, 1.165) is 0 Å². The van der Waals surface area contributed by atoms with Crippen LogP contribution in [0.5, 0.6) is 0 Å². The fourth-order valence-electron chi connectivity index (χ4n) is 4.65. The first-order valence-electron chi connectivity index (χ1n) is 12.2. The molecule has 8 heteroatoms. The summed E-state index contributed by atoms with van der Waals surface area (Å²) in [7, 11) is -3.65. The van der Waals surface area contributed by atoms with E-state index in [-0.39, 0.29) is 16.8 Å². The molecule has 0 bridgehead atoms. The Labute approximate surface area is 217 Å². The van der Waals surface area contributed by atoms with Crippen molar-refractivity contribution in [1.82, 2.24) is 14.2 Å². The van der Waals surface area contributed by atoms with E-state index in [9.17, 15) is 13.2 Å². The number of benzene rings is 3. The highest BCUT2D eigenvalue weighted by Gasteiger charge is 2.32. The number of hydrogen-bond donors (Lipinski definition) is 1. The van der Waals surface area contributed by atoms with Crippen LogP contribution in [0.4, 0.5) is 5.69 Å². The van der Waals surface area contributed by atoms with Gasteiger partial charge in [-0.3, -0.25) is 14.7 Å². The number of hydrogen-bond acceptors (Lipinski definition) is 5. The van der Waals surface area contributed by atoms with E-state index in [1.165, 1.54) is 29.5 Å². The standard InChI is InChI=1S/C29H28N4O3S/c34-29(25-12-7-17-30-22-25)31-26-13-15-27(16-14-26)37(35,36)33-20-18-32(19-21-33)28(23-8-3-1-4-9-23)24-10-5-2-6-11-24/h1-17,22,28H,18-21H2,(H,31,34). The van der Waals surface area contributed by atoms with Crippen LogP contribution in [0.15, 0.2) is 114 Å². The third-order valence-electron chi connectivity index (χ3n) is 6.54. The molecule has 7 nitrogen and oxygen atoms in total. The summed E-state index contributed by atoms with van der Waals surface area (Å²) in [6.45, 7) is 2.04. The molecule has 1 saturated heterocycles. The molecule has 0 saturated carbocycles. The second-order valence-corrected chi connectivity index (χ2v) is 10.8. The van der Waals surface area contributed by atoms with Crippen LogP contribution in [0.1, 0.15) is 27.5 Å². The highest BCUT2D eigenvalue weighted by molar-refractivity contribution is 7.89. The van der Waals surface area contributed by atoms with Gasteiger partial charge in [-0.2, -0.15) is 4.31 Å². The molecular weight excluding hydrogens is 484 g/mol. The molecule has 0 spiro atoms. The number of carbonyl (C=O) groups is 1. The van der Waals surface area contributed by atoms with Gasteiger partial charge in [-0.1, -0.05) is 60.7 Å². The van der Waals surface area contributed by atoms with E-state index < -0.39 is 10.0 Å². The quantitative estimate of drug-likeness (QED) is 0.396. The van der Waals surface area contributed by atoms with Crippen LogP contribution in [-0.4, -0.2) is 54.7 Å². The molecule has 37 heavy (non-hydrogen) atoms. The maximum absolute atomic E-state index is 13.4. The summed E-state index contributed by atoms with van der Waals surface area (Å²) in [6.07, 6.45) is 3.08. The van der Waals surface area contributed by atoms with E-state index in [1.54, 1.807) is 34.8 Å². The predicted octanol–water partition coefficient (Wildman–Crippen LogP) is 4.43. The summed E-state index contributed by atoms with van der Waals surface area (Å²) >= 11 is 0. The first kappa shape index (κ1) is 24.8. The molecular formula is C29H28N4O3S. The van der Waals surface area contributed by atoms with Crippen LogP contribution in [0.2, 0.25) is 0 Å². The Kier molecular flexibility index (Phi) is 7.41. The lowest BCUT2D eigenvalue weighted by Crippen LogP contribution is -2.49. The minimum atomic E-state index is -3.65. The average Bonchev–Trinajstić information content (AvgIpc) is 2.95. The summed E-state index contributed by atoms with van der Waals surface area (Å²) in [5.41, 5.74) is 3.33. The molecule has 0 atom stereocenters. The second-order valence-electron chi connectivity index (χ2n) is 8.88. The third kappa shape index (κ3) is 5.61. The first-order valence-corrected chi connectivity index (χ1v) is 13.6. The molecule has 3 aromatic carbocycles. The number of nitrogens with one attached hydrogen (secondary N) is 1. The van der Waals surface area contributed by atoms with Crippen LogP contribution in [0.3, 0.4) is 0 Å². The van der Waals surface area contributed by atoms with Crippen molar-refractivity contribution in [3.63, 3.8) is 0 Å². The number of rotatable bonds is 7.